The quantitative estimate of drug-likeness (QED) is 0.727. The summed E-state index contributed by atoms with van der Waals surface area (Å²) in [6, 6.07) is 9.84. The van der Waals surface area contributed by atoms with Crippen LogP contribution in [0.5, 0.6) is 0 Å². The first-order chi connectivity index (χ1) is 9.45. The lowest BCUT2D eigenvalue weighted by Crippen LogP contribution is -2.15. The Morgan fingerprint density at radius 3 is 2.45 bits per heavy atom. The Balaban J connectivity index is 2.10. The molecule has 2 nitrogen and oxygen atoms in total. The molecular weight excluding hydrogens is 412 g/mol. The van der Waals surface area contributed by atoms with Crippen molar-refractivity contribution in [3.05, 3.63) is 61.7 Å². The fourth-order valence-electron chi connectivity index (χ4n) is 1.63. The second-order valence-electron chi connectivity index (χ2n) is 4.10. The smallest absolute Gasteiger partial charge is 0.228 e. The zero-order valence-corrected chi connectivity index (χ0v) is 14.0. The molecule has 0 aliphatic rings. The van der Waals surface area contributed by atoms with Gasteiger partial charge in [0, 0.05) is 8.95 Å². The lowest BCUT2D eigenvalue weighted by atomic mass is 10.1. The molecule has 0 saturated heterocycles. The van der Waals surface area contributed by atoms with E-state index in [0.717, 1.165) is 16.1 Å². The molecule has 0 aliphatic carbocycles. The molecule has 2 rings (SSSR count). The van der Waals surface area contributed by atoms with Gasteiger partial charge in [-0.3, -0.25) is 4.79 Å². The predicted molar refractivity (Wildman–Crippen MR) is 85.6 cm³/mol. The van der Waals surface area contributed by atoms with Crippen LogP contribution >= 0.6 is 43.5 Å². The molecule has 0 fully saturated rings. The molecule has 0 radical (unpaired) electrons. The third kappa shape index (κ3) is 4.04. The van der Waals surface area contributed by atoms with Crippen molar-refractivity contribution in [3.63, 3.8) is 0 Å². The lowest BCUT2D eigenvalue weighted by Gasteiger charge is -2.10. The van der Waals surface area contributed by atoms with Crippen LogP contribution in [-0.2, 0) is 11.2 Å². The number of amides is 1. The van der Waals surface area contributed by atoms with Crippen molar-refractivity contribution >= 4 is 55.1 Å². The van der Waals surface area contributed by atoms with Gasteiger partial charge in [0.25, 0.3) is 0 Å². The topological polar surface area (TPSA) is 29.1 Å². The standard InChI is InChI=1S/C14H9Br2ClFNO/c15-9-3-1-8(2-4-9)5-13(20)19-14-11(16)6-10(18)7-12(14)17/h1-4,6-7H,5H2,(H,19,20). The summed E-state index contributed by atoms with van der Waals surface area (Å²) in [5.74, 6) is -0.686. The highest BCUT2D eigenvalue weighted by molar-refractivity contribution is 9.10. The third-order valence-electron chi connectivity index (χ3n) is 2.55. The molecule has 0 aromatic heterocycles. The summed E-state index contributed by atoms with van der Waals surface area (Å²) in [6.45, 7) is 0. The Labute approximate surface area is 137 Å². The summed E-state index contributed by atoms with van der Waals surface area (Å²) >= 11 is 12.4. The Kier molecular flexibility index (Phi) is 5.18. The van der Waals surface area contributed by atoms with Gasteiger partial charge in [0.15, 0.2) is 0 Å². The van der Waals surface area contributed by atoms with E-state index < -0.39 is 5.82 Å². The molecule has 2 aromatic rings. The van der Waals surface area contributed by atoms with Crippen LogP contribution in [0.25, 0.3) is 0 Å². The van der Waals surface area contributed by atoms with Crippen LogP contribution in [0, 0.1) is 5.82 Å². The number of rotatable bonds is 3. The van der Waals surface area contributed by atoms with Crippen molar-refractivity contribution < 1.29 is 9.18 Å². The van der Waals surface area contributed by atoms with Crippen molar-refractivity contribution in [2.24, 2.45) is 0 Å². The monoisotopic (exact) mass is 419 g/mol. The van der Waals surface area contributed by atoms with E-state index in [0.29, 0.717) is 10.2 Å². The highest BCUT2D eigenvalue weighted by Gasteiger charge is 2.12. The van der Waals surface area contributed by atoms with Crippen LogP contribution in [0.15, 0.2) is 45.3 Å². The van der Waals surface area contributed by atoms with Gasteiger partial charge >= 0.3 is 0 Å². The van der Waals surface area contributed by atoms with E-state index in [-0.39, 0.29) is 17.4 Å². The number of anilines is 1. The molecule has 0 bridgehead atoms. The summed E-state index contributed by atoms with van der Waals surface area (Å²) < 4.78 is 14.5. The van der Waals surface area contributed by atoms with Gasteiger partial charge in [0.2, 0.25) is 5.91 Å². The van der Waals surface area contributed by atoms with E-state index in [1.54, 1.807) is 0 Å². The number of benzene rings is 2. The Hall–Kier alpha value is -0.910. The minimum Gasteiger partial charge on any atom is -0.324 e. The van der Waals surface area contributed by atoms with Crippen molar-refractivity contribution in [1.29, 1.82) is 0 Å². The first-order valence-corrected chi connectivity index (χ1v) is 7.61. The number of hydrogen-bond donors (Lipinski definition) is 1. The largest absolute Gasteiger partial charge is 0.324 e. The molecule has 20 heavy (non-hydrogen) atoms. The van der Waals surface area contributed by atoms with E-state index in [1.807, 2.05) is 24.3 Å². The van der Waals surface area contributed by atoms with Crippen LogP contribution < -0.4 is 5.32 Å². The number of carbonyl (C=O) groups excluding carboxylic acids is 1. The van der Waals surface area contributed by atoms with Gasteiger partial charge in [-0.1, -0.05) is 39.7 Å². The molecule has 0 atom stereocenters. The van der Waals surface area contributed by atoms with Gasteiger partial charge in [-0.2, -0.15) is 0 Å². The van der Waals surface area contributed by atoms with Gasteiger partial charge in [-0.05, 0) is 45.8 Å². The Morgan fingerprint density at radius 1 is 1.20 bits per heavy atom. The van der Waals surface area contributed by atoms with Gasteiger partial charge in [0.1, 0.15) is 5.82 Å². The van der Waals surface area contributed by atoms with E-state index in [9.17, 15) is 9.18 Å². The summed E-state index contributed by atoms with van der Waals surface area (Å²) in [4.78, 5) is 12.0. The zero-order valence-electron chi connectivity index (χ0n) is 10.1. The third-order valence-corrected chi connectivity index (χ3v) is 4.00. The summed E-state index contributed by atoms with van der Waals surface area (Å²) in [5.41, 5.74) is 1.25. The van der Waals surface area contributed by atoms with Crippen molar-refractivity contribution in [2.45, 2.75) is 6.42 Å². The van der Waals surface area contributed by atoms with Crippen LogP contribution in [0.4, 0.5) is 10.1 Å². The predicted octanol–water partition coefficient (Wildman–Crippen LogP) is 5.19. The second kappa shape index (κ2) is 6.70. The average molecular weight is 421 g/mol. The fourth-order valence-corrected chi connectivity index (χ4v) is 2.80. The molecule has 6 heteroatoms. The molecule has 104 valence electrons. The number of carbonyl (C=O) groups is 1. The SMILES string of the molecule is O=C(Cc1ccc(Br)cc1)Nc1c(Cl)cc(F)cc1Br. The summed E-state index contributed by atoms with van der Waals surface area (Å²) in [5, 5.41) is 2.83. The molecular formula is C14H9Br2ClFNO. The highest BCUT2D eigenvalue weighted by Crippen LogP contribution is 2.31. The van der Waals surface area contributed by atoms with Crippen molar-refractivity contribution in [2.75, 3.05) is 5.32 Å². The van der Waals surface area contributed by atoms with Gasteiger partial charge in [-0.15, -0.1) is 0 Å². The van der Waals surface area contributed by atoms with Gasteiger partial charge < -0.3 is 5.32 Å². The van der Waals surface area contributed by atoms with Gasteiger partial charge in [-0.25, -0.2) is 4.39 Å². The average Bonchev–Trinajstić information content (AvgIpc) is 2.36. The van der Waals surface area contributed by atoms with E-state index in [1.165, 1.54) is 6.07 Å². The van der Waals surface area contributed by atoms with Crippen LogP contribution in [0.2, 0.25) is 5.02 Å². The first-order valence-electron chi connectivity index (χ1n) is 5.64. The molecule has 0 heterocycles. The summed E-state index contributed by atoms with van der Waals surface area (Å²) in [6.07, 6.45) is 0.216. The van der Waals surface area contributed by atoms with Crippen LogP contribution in [0.3, 0.4) is 0 Å². The molecule has 0 saturated carbocycles. The zero-order chi connectivity index (χ0) is 14.7. The molecule has 1 N–H and O–H groups in total. The fraction of sp³-hybridized carbons (Fsp3) is 0.0714. The van der Waals surface area contributed by atoms with E-state index >= 15 is 0 Å². The van der Waals surface area contributed by atoms with Gasteiger partial charge in [0.05, 0.1) is 17.1 Å². The maximum atomic E-state index is 13.1. The number of hydrogen-bond acceptors (Lipinski definition) is 1. The Bertz CT molecular complexity index is 623. The van der Waals surface area contributed by atoms with Crippen molar-refractivity contribution in [1.82, 2.24) is 0 Å². The number of nitrogens with one attached hydrogen (secondary N) is 1. The van der Waals surface area contributed by atoms with E-state index in [4.69, 9.17) is 11.6 Å². The maximum absolute atomic E-state index is 13.1. The first kappa shape index (κ1) is 15.5. The highest BCUT2D eigenvalue weighted by atomic mass is 79.9. The van der Waals surface area contributed by atoms with E-state index in [2.05, 4.69) is 37.2 Å². The number of halogens is 4. The van der Waals surface area contributed by atoms with Crippen LogP contribution in [0.1, 0.15) is 5.56 Å². The maximum Gasteiger partial charge on any atom is 0.228 e. The normalized spacial score (nSPS) is 10.4. The lowest BCUT2D eigenvalue weighted by molar-refractivity contribution is -0.115. The van der Waals surface area contributed by atoms with Crippen LogP contribution in [-0.4, -0.2) is 5.91 Å². The molecule has 1 amide bonds. The molecule has 0 aliphatic heterocycles. The van der Waals surface area contributed by atoms with Crippen molar-refractivity contribution in [3.8, 4) is 0 Å². The minimum absolute atomic E-state index is 0.154. The molecule has 0 unspecified atom stereocenters. The second-order valence-corrected chi connectivity index (χ2v) is 6.27. The summed E-state index contributed by atoms with van der Waals surface area (Å²) in [7, 11) is 0. The Morgan fingerprint density at radius 2 is 1.85 bits per heavy atom. The minimum atomic E-state index is -0.465. The molecule has 0 spiro atoms. The molecule has 2 aromatic carbocycles.